The number of benzene rings is 1. The average Bonchev–Trinajstić information content (AvgIpc) is 2.64. The highest BCUT2D eigenvalue weighted by Gasteiger charge is 2.41. The molecule has 3 rings (SSSR count). The Balaban J connectivity index is 2.20. The van der Waals surface area contributed by atoms with E-state index < -0.39 is 5.92 Å². The lowest BCUT2D eigenvalue weighted by Gasteiger charge is -2.11. The zero-order valence-electron chi connectivity index (χ0n) is 9.56. The summed E-state index contributed by atoms with van der Waals surface area (Å²) >= 11 is 6.72. The fraction of sp³-hybridized carbons (Fsp3) is 0.0714. The molecule has 1 aromatic heterocycles. The summed E-state index contributed by atoms with van der Waals surface area (Å²) in [5, 5.41) is 0. The van der Waals surface area contributed by atoms with Crippen molar-refractivity contribution in [2.45, 2.75) is 5.92 Å². The predicted octanol–water partition coefficient (Wildman–Crippen LogP) is 3.77. The molecular weight excluding hydrogens is 374 g/mol. The van der Waals surface area contributed by atoms with E-state index in [9.17, 15) is 9.59 Å². The monoisotopic (exact) mass is 379 g/mol. The van der Waals surface area contributed by atoms with Crippen LogP contribution in [0.5, 0.6) is 0 Å². The van der Waals surface area contributed by atoms with Gasteiger partial charge in [-0.05, 0) is 31.9 Å². The van der Waals surface area contributed by atoms with E-state index >= 15 is 0 Å². The molecule has 2 aromatic rings. The number of halogens is 2. The van der Waals surface area contributed by atoms with Gasteiger partial charge in [0.15, 0.2) is 11.6 Å². The molecule has 1 heterocycles. The fourth-order valence-electron chi connectivity index (χ4n) is 2.30. The van der Waals surface area contributed by atoms with Crippen LogP contribution < -0.4 is 0 Å². The molecule has 0 saturated heterocycles. The summed E-state index contributed by atoms with van der Waals surface area (Å²) < 4.78 is 1.31. The number of hydrogen-bond donors (Lipinski definition) is 0. The Morgan fingerprint density at radius 2 is 1.37 bits per heavy atom. The zero-order chi connectivity index (χ0) is 13.6. The van der Waals surface area contributed by atoms with E-state index in [-0.39, 0.29) is 11.6 Å². The summed E-state index contributed by atoms with van der Waals surface area (Å²) in [6.07, 6.45) is 3.17. The average molecular weight is 381 g/mol. The van der Waals surface area contributed by atoms with Crippen LogP contribution >= 0.6 is 31.9 Å². The standard InChI is InChI=1S/C14H7Br2NO2/c15-9-5-17-6-10(16)11(9)12-13(18)7-3-1-2-4-8(7)14(12)19/h1-6,12H. The Morgan fingerprint density at radius 1 is 0.895 bits per heavy atom. The Hall–Kier alpha value is -1.33. The van der Waals surface area contributed by atoms with Crippen LogP contribution in [0.3, 0.4) is 0 Å². The van der Waals surface area contributed by atoms with Crippen LogP contribution in [0.1, 0.15) is 32.2 Å². The highest BCUT2D eigenvalue weighted by molar-refractivity contribution is 9.11. The largest absolute Gasteiger partial charge is 0.293 e. The lowest BCUT2D eigenvalue weighted by atomic mass is 9.95. The summed E-state index contributed by atoms with van der Waals surface area (Å²) in [7, 11) is 0. The first-order valence-electron chi connectivity index (χ1n) is 5.57. The van der Waals surface area contributed by atoms with Gasteiger partial charge in [-0.25, -0.2) is 0 Å². The lowest BCUT2D eigenvalue weighted by molar-refractivity contribution is 0.0889. The van der Waals surface area contributed by atoms with Crippen LogP contribution in [0.25, 0.3) is 0 Å². The maximum atomic E-state index is 12.4. The third-order valence-corrected chi connectivity index (χ3v) is 4.43. The Kier molecular flexibility index (Phi) is 3.11. The van der Waals surface area contributed by atoms with E-state index in [1.54, 1.807) is 36.7 Å². The van der Waals surface area contributed by atoms with Crippen molar-refractivity contribution in [3.8, 4) is 0 Å². The second-order valence-corrected chi connectivity index (χ2v) is 5.93. The maximum Gasteiger partial charge on any atom is 0.178 e. The summed E-state index contributed by atoms with van der Waals surface area (Å²) in [6.45, 7) is 0. The van der Waals surface area contributed by atoms with Crippen molar-refractivity contribution in [2.75, 3.05) is 0 Å². The van der Waals surface area contributed by atoms with Gasteiger partial charge in [-0.2, -0.15) is 0 Å². The molecule has 0 amide bonds. The first-order valence-corrected chi connectivity index (χ1v) is 7.16. The van der Waals surface area contributed by atoms with Crippen LogP contribution in [0.2, 0.25) is 0 Å². The van der Waals surface area contributed by atoms with Gasteiger partial charge in [0, 0.05) is 38.0 Å². The molecule has 0 atom stereocenters. The number of rotatable bonds is 1. The van der Waals surface area contributed by atoms with Crippen molar-refractivity contribution in [1.29, 1.82) is 0 Å². The van der Waals surface area contributed by atoms with E-state index in [0.29, 0.717) is 25.6 Å². The number of aromatic nitrogens is 1. The van der Waals surface area contributed by atoms with E-state index in [0.717, 1.165) is 0 Å². The number of hydrogen-bond acceptors (Lipinski definition) is 3. The van der Waals surface area contributed by atoms with Gasteiger partial charge in [-0.15, -0.1) is 0 Å². The normalized spacial score (nSPS) is 14.8. The molecule has 1 aliphatic carbocycles. The lowest BCUT2D eigenvalue weighted by Crippen LogP contribution is -2.14. The van der Waals surface area contributed by atoms with Crippen molar-refractivity contribution >= 4 is 43.4 Å². The molecular formula is C14H7Br2NO2. The van der Waals surface area contributed by atoms with Gasteiger partial charge in [-0.3, -0.25) is 14.6 Å². The summed E-state index contributed by atoms with van der Waals surface area (Å²) in [5.74, 6) is -1.11. The number of pyridine rings is 1. The van der Waals surface area contributed by atoms with Gasteiger partial charge in [0.25, 0.3) is 0 Å². The van der Waals surface area contributed by atoms with Crippen LogP contribution in [0.4, 0.5) is 0 Å². The topological polar surface area (TPSA) is 47.0 Å². The van der Waals surface area contributed by atoms with E-state index in [4.69, 9.17) is 0 Å². The minimum atomic E-state index is -0.788. The number of nitrogens with zero attached hydrogens (tertiary/aromatic N) is 1. The highest BCUT2D eigenvalue weighted by Crippen LogP contribution is 2.39. The third-order valence-electron chi connectivity index (χ3n) is 3.16. The van der Waals surface area contributed by atoms with Crippen molar-refractivity contribution in [1.82, 2.24) is 4.98 Å². The molecule has 0 aliphatic heterocycles. The number of ketones is 2. The molecule has 1 aromatic carbocycles. The molecule has 0 unspecified atom stereocenters. The molecule has 19 heavy (non-hydrogen) atoms. The molecule has 0 radical (unpaired) electrons. The second kappa shape index (κ2) is 4.65. The molecule has 0 saturated carbocycles. The Morgan fingerprint density at radius 3 is 1.84 bits per heavy atom. The first kappa shape index (κ1) is 12.7. The minimum Gasteiger partial charge on any atom is -0.293 e. The van der Waals surface area contributed by atoms with Gasteiger partial charge in [0.2, 0.25) is 0 Å². The van der Waals surface area contributed by atoms with Gasteiger partial charge < -0.3 is 0 Å². The van der Waals surface area contributed by atoms with Crippen LogP contribution in [0.15, 0.2) is 45.6 Å². The highest BCUT2D eigenvalue weighted by atomic mass is 79.9. The molecule has 3 nitrogen and oxygen atoms in total. The van der Waals surface area contributed by atoms with Crippen molar-refractivity contribution in [3.05, 3.63) is 62.3 Å². The summed E-state index contributed by atoms with van der Waals surface area (Å²) in [4.78, 5) is 28.9. The molecule has 94 valence electrons. The van der Waals surface area contributed by atoms with Crippen LogP contribution in [-0.4, -0.2) is 16.6 Å². The Labute approximate surface area is 126 Å². The SMILES string of the molecule is O=C1c2ccccc2C(=O)C1c1c(Br)cncc1Br. The van der Waals surface area contributed by atoms with E-state index in [2.05, 4.69) is 36.8 Å². The van der Waals surface area contributed by atoms with Gasteiger partial charge in [0.05, 0.1) is 0 Å². The fourth-order valence-corrected chi connectivity index (χ4v) is 3.69. The van der Waals surface area contributed by atoms with Crippen molar-refractivity contribution < 1.29 is 9.59 Å². The summed E-state index contributed by atoms with van der Waals surface area (Å²) in [6, 6.07) is 6.92. The maximum absolute atomic E-state index is 12.4. The van der Waals surface area contributed by atoms with E-state index in [1.165, 1.54) is 0 Å². The molecule has 0 bridgehead atoms. The van der Waals surface area contributed by atoms with E-state index in [1.807, 2.05) is 0 Å². The predicted molar refractivity (Wildman–Crippen MR) is 77.5 cm³/mol. The van der Waals surface area contributed by atoms with Crippen molar-refractivity contribution in [3.63, 3.8) is 0 Å². The van der Waals surface area contributed by atoms with Gasteiger partial charge in [-0.1, -0.05) is 24.3 Å². The molecule has 0 fully saturated rings. The number of fused-ring (bicyclic) bond motifs is 1. The first-order chi connectivity index (χ1) is 9.11. The van der Waals surface area contributed by atoms with Crippen molar-refractivity contribution in [2.24, 2.45) is 0 Å². The molecule has 0 N–H and O–H groups in total. The quantitative estimate of drug-likeness (QED) is 0.707. The van der Waals surface area contributed by atoms with Crippen LogP contribution in [-0.2, 0) is 0 Å². The van der Waals surface area contributed by atoms with Crippen LogP contribution in [0, 0.1) is 0 Å². The van der Waals surface area contributed by atoms with Gasteiger partial charge in [0.1, 0.15) is 5.92 Å². The number of carbonyl (C=O) groups is 2. The molecule has 1 aliphatic rings. The molecule has 5 heteroatoms. The summed E-state index contributed by atoms with van der Waals surface area (Å²) in [5.41, 5.74) is 1.63. The van der Waals surface area contributed by atoms with Gasteiger partial charge >= 0.3 is 0 Å². The second-order valence-electron chi connectivity index (χ2n) is 4.22. The zero-order valence-corrected chi connectivity index (χ0v) is 12.7. The molecule has 0 spiro atoms. The smallest absolute Gasteiger partial charge is 0.178 e. The Bertz CT molecular complexity index is 657. The third kappa shape index (κ3) is 1.88. The number of carbonyl (C=O) groups excluding carboxylic acids is 2. The minimum absolute atomic E-state index is 0.159. The number of Topliss-reactive ketones (excluding diaryl/α,β-unsaturated/α-hetero) is 2.